The van der Waals surface area contributed by atoms with E-state index in [2.05, 4.69) is 44.4 Å². The molecule has 0 aliphatic carbocycles. The topological polar surface area (TPSA) is 43.8 Å². The van der Waals surface area contributed by atoms with Crippen LogP contribution < -0.4 is 5.73 Å². The van der Waals surface area contributed by atoms with Gasteiger partial charge in [-0.05, 0) is 50.1 Å². The van der Waals surface area contributed by atoms with Gasteiger partial charge in [-0.25, -0.2) is 4.98 Å². The molecule has 0 aliphatic rings. The van der Waals surface area contributed by atoms with Gasteiger partial charge in [0, 0.05) is 12.5 Å². The molecule has 0 saturated carbocycles. The summed E-state index contributed by atoms with van der Waals surface area (Å²) < 4.78 is 2.33. The lowest BCUT2D eigenvalue weighted by Gasteiger charge is -2.11. The van der Waals surface area contributed by atoms with Gasteiger partial charge in [0.2, 0.25) is 0 Å². The molecule has 3 nitrogen and oxygen atoms in total. The lowest BCUT2D eigenvalue weighted by Crippen LogP contribution is -2.09. The normalized spacial score (nSPS) is 11.7. The minimum absolute atomic E-state index is 0.441. The molecule has 2 rings (SSSR count). The highest BCUT2D eigenvalue weighted by Crippen LogP contribution is 2.24. The number of benzene rings is 1. The van der Waals surface area contributed by atoms with Crippen molar-refractivity contribution in [2.75, 3.05) is 6.54 Å². The van der Waals surface area contributed by atoms with Crippen LogP contribution in [0, 0.1) is 13.8 Å². The van der Waals surface area contributed by atoms with Crippen LogP contribution in [0.25, 0.3) is 11.0 Å². The highest BCUT2D eigenvalue weighted by Gasteiger charge is 2.14. The average molecular weight is 245 g/mol. The van der Waals surface area contributed by atoms with E-state index < -0.39 is 0 Å². The molecule has 2 aromatic rings. The van der Waals surface area contributed by atoms with E-state index in [0.717, 1.165) is 25.0 Å². The molecule has 1 aromatic heterocycles. The minimum atomic E-state index is 0.441. The molecule has 2 N–H and O–H groups in total. The zero-order valence-corrected chi connectivity index (χ0v) is 11.8. The van der Waals surface area contributed by atoms with Crippen LogP contribution in [0.5, 0.6) is 0 Å². The first-order valence-electron chi connectivity index (χ1n) is 6.72. The smallest absolute Gasteiger partial charge is 0.112 e. The van der Waals surface area contributed by atoms with Crippen molar-refractivity contribution in [2.24, 2.45) is 5.73 Å². The predicted octanol–water partition coefficient (Wildman–Crippen LogP) is 3.13. The molecular formula is C15H23N3. The zero-order valence-electron chi connectivity index (χ0n) is 11.8. The van der Waals surface area contributed by atoms with Crippen LogP contribution in [0.3, 0.4) is 0 Å². The van der Waals surface area contributed by atoms with Crippen molar-refractivity contribution in [2.45, 2.75) is 46.6 Å². The molecule has 3 heteroatoms. The van der Waals surface area contributed by atoms with Crippen molar-refractivity contribution in [1.29, 1.82) is 0 Å². The first kappa shape index (κ1) is 13.1. The van der Waals surface area contributed by atoms with Crippen LogP contribution in [0.4, 0.5) is 0 Å². The standard InChI is InChI=1S/C15H23N3/c1-10(2)15-17-13-8-11(3)12(4)9-14(13)18(15)7-5-6-16/h8-10H,5-7,16H2,1-4H3. The van der Waals surface area contributed by atoms with Crippen molar-refractivity contribution in [1.82, 2.24) is 9.55 Å². The third-order valence-corrected chi connectivity index (χ3v) is 3.50. The fraction of sp³-hybridized carbons (Fsp3) is 0.533. The van der Waals surface area contributed by atoms with Crippen molar-refractivity contribution in [3.05, 3.63) is 29.1 Å². The second-order valence-corrected chi connectivity index (χ2v) is 5.34. The number of fused-ring (bicyclic) bond motifs is 1. The van der Waals surface area contributed by atoms with E-state index >= 15 is 0 Å². The summed E-state index contributed by atoms with van der Waals surface area (Å²) in [5, 5.41) is 0. The van der Waals surface area contributed by atoms with E-state index in [4.69, 9.17) is 10.7 Å². The molecular weight excluding hydrogens is 222 g/mol. The van der Waals surface area contributed by atoms with E-state index in [1.54, 1.807) is 0 Å². The Hall–Kier alpha value is -1.35. The Morgan fingerprint density at radius 3 is 2.50 bits per heavy atom. The average Bonchev–Trinajstić information content (AvgIpc) is 2.65. The Morgan fingerprint density at radius 2 is 1.89 bits per heavy atom. The van der Waals surface area contributed by atoms with E-state index in [1.807, 2.05) is 0 Å². The van der Waals surface area contributed by atoms with Crippen LogP contribution in [-0.4, -0.2) is 16.1 Å². The van der Waals surface area contributed by atoms with E-state index in [0.29, 0.717) is 5.92 Å². The molecule has 0 fully saturated rings. The van der Waals surface area contributed by atoms with E-state index in [9.17, 15) is 0 Å². The maximum Gasteiger partial charge on any atom is 0.112 e. The summed E-state index contributed by atoms with van der Waals surface area (Å²) in [7, 11) is 0. The van der Waals surface area contributed by atoms with Gasteiger partial charge in [0.1, 0.15) is 5.82 Å². The molecule has 0 saturated heterocycles. The van der Waals surface area contributed by atoms with Crippen molar-refractivity contribution in [3.63, 3.8) is 0 Å². The molecule has 0 unspecified atom stereocenters. The van der Waals surface area contributed by atoms with Gasteiger partial charge in [0.25, 0.3) is 0 Å². The van der Waals surface area contributed by atoms with Gasteiger partial charge in [-0.15, -0.1) is 0 Å². The summed E-state index contributed by atoms with van der Waals surface area (Å²) in [6.45, 7) is 10.4. The summed E-state index contributed by atoms with van der Waals surface area (Å²) in [5.41, 5.74) is 10.6. The molecule has 98 valence electrons. The SMILES string of the molecule is Cc1cc2nc(C(C)C)n(CCCN)c2cc1C. The second-order valence-electron chi connectivity index (χ2n) is 5.34. The maximum atomic E-state index is 5.64. The Morgan fingerprint density at radius 1 is 1.22 bits per heavy atom. The Labute approximate surface area is 109 Å². The van der Waals surface area contributed by atoms with Crippen LogP contribution in [0.15, 0.2) is 12.1 Å². The summed E-state index contributed by atoms with van der Waals surface area (Å²) >= 11 is 0. The summed E-state index contributed by atoms with van der Waals surface area (Å²) in [6, 6.07) is 4.44. The second kappa shape index (κ2) is 5.11. The Kier molecular flexibility index (Phi) is 3.71. The summed E-state index contributed by atoms with van der Waals surface area (Å²) in [4.78, 5) is 4.79. The number of hydrogen-bond donors (Lipinski definition) is 1. The maximum absolute atomic E-state index is 5.64. The lowest BCUT2D eigenvalue weighted by atomic mass is 10.1. The van der Waals surface area contributed by atoms with E-state index in [-0.39, 0.29) is 0 Å². The number of nitrogens with zero attached hydrogens (tertiary/aromatic N) is 2. The molecule has 0 spiro atoms. The highest BCUT2D eigenvalue weighted by molar-refractivity contribution is 5.78. The molecule has 0 amide bonds. The van der Waals surface area contributed by atoms with Crippen molar-refractivity contribution in [3.8, 4) is 0 Å². The summed E-state index contributed by atoms with van der Waals surface area (Å²) in [5.74, 6) is 1.61. The van der Waals surface area contributed by atoms with Gasteiger partial charge in [-0.2, -0.15) is 0 Å². The molecule has 0 radical (unpaired) electrons. The fourth-order valence-corrected chi connectivity index (χ4v) is 2.32. The lowest BCUT2D eigenvalue weighted by molar-refractivity contribution is 0.608. The highest BCUT2D eigenvalue weighted by atomic mass is 15.1. The zero-order chi connectivity index (χ0) is 13.3. The molecule has 18 heavy (non-hydrogen) atoms. The van der Waals surface area contributed by atoms with E-state index in [1.165, 1.54) is 22.5 Å². The monoisotopic (exact) mass is 245 g/mol. The third-order valence-electron chi connectivity index (χ3n) is 3.50. The van der Waals surface area contributed by atoms with Gasteiger partial charge in [-0.1, -0.05) is 13.8 Å². The van der Waals surface area contributed by atoms with Gasteiger partial charge in [0.15, 0.2) is 0 Å². The third kappa shape index (κ3) is 2.27. The number of nitrogens with two attached hydrogens (primary N) is 1. The Balaban J connectivity index is 2.61. The predicted molar refractivity (Wildman–Crippen MR) is 77.0 cm³/mol. The van der Waals surface area contributed by atoms with Gasteiger partial charge in [-0.3, -0.25) is 0 Å². The van der Waals surface area contributed by atoms with Crippen LogP contribution >= 0.6 is 0 Å². The fourth-order valence-electron chi connectivity index (χ4n) is 2.32. The molecule has 0 aliphatic heterocycles. The minimum Gasteiger partial charge on any atom is -0.330 e. The quantitative estimate of drug-likeness (QED) is 0.899. The first-order valence-corrected chi connectivity index (χ1v) is 6.72. The largest absolute Gasteiger partial charge is 0.330 e. The number of aromatic nitrogens is 2. The number of aryl methyl sites for hydroxylation is 3. The Bertz CT molecular complexity index is 552. The number of hydrogen-bond acceptors (Lipinski definition) is 2. The van der Waals surface area contributed by atoms with Crippen LogP contribution in [0.1, 0.15) is 43.1 Å². The van der Waals surface area contributed by atoms with Crippen LogP contribution in [0.2, 0.25) is 0 Å². The van der Waals surface area contributed by atoms with Gasteiger partial charge in [0.05, 0.1) is 11.0 Å². The number of rotatable bonds is 4. The van der Waals surface area contributed by atoms with Crippen molar-refractivity contribution < 1.29 is 0 Å². The molecule has 0 bridgehead atoms. The summed E-state index contributed by atoms with van der Waals surface area (Å²) in [6.07, 6.45) is 0.998. The van der Waals surface area contributed by atoms with Gasteiger partial charge >= 0.3 is 0 Å². The first-order chi connectivity index (χ1) is 8.54. The van der Waals surface area contributed by atoms with Crippen LogP contribution in [-0.2, 0) is 6.54 Å². The molecule has 1 aromatic carbocycles. The van der Waals surface area contributed by atoms with Gasteiger partial charge < -0.3 is 10.3 Å². The molecule has 1 heterocycles. The van der Waals surface area contributed by atoms with Crippen molar-refractivity contribution >= 4 is 11.0 Å². The number of imidazole rings is 1. The molecule has 0 atom stereocenters.